The molecule has 27 heavy (non-hydrogen) atoms. The molecule has 1 amide bonds. The van der Waals surface area contributed by atoms with Gasteiger partial charge in [-0.25, -0.2) is 4.39 Å². The van der Waals surface area contributed by atoms with E-state index in [1.165, 1.54) is 12.1 Å². The summed E-state index contributed by atoms with van der Waals surface area (Å²) in [5, 5.41) is 4.01. The fourth-order valence-corrected chi connectivity index (χ4v) is 3.08. The monoisotopic (exact) mass is 377 g/mol. The van der Waals surface area contributed by atoms with Gasteiger partial charge in [0.1, 0.15) is 11.6 Å². The van der Waals surface area contributed by atoms with Gasteiger partial charge < -0.3 is 18.9 Å². The van der Waals surface area contributed by atoms with E-state index in [0.29, 0.717) is 50.1 Å². The van der Waals surface area contributed by atoms with Gasteiger partial charge in [-0.3, -0.25) is 4.79 Å². The Balaban J connectivity index is 1.49. The number of carbonyl (C=O) groups is 1. The molecule has 0 bridgehead atoms. The number of ether oxygens (including phenoxy) is 2. The van der Waals surface area contributed by atoms with Crippen molar-refractivity contribution in [2.45, 2.75) is 31.6 Å². The number of carbonyl (C=O) groups excluding carboxylic acids is 1. The van der Waals surface area contributed by atoms with Crippen LogP contribution in [0.2, 0.25) is 0 Å². The van der Waals surface area contributed by atoms with Gasteiger partial charge in [-0.15, -0.1) is 0 Å². The highest BCUT2D eigenvalue weighted by atomic mass is 19.1. The predicted molar refractivity (Wildman–Crippen MR) is 94.9 cm³/mol. The molecule has 1 aliphatic rings. The predicted octanol–water partition coefficient (Wildman–Crippen LogP) is 2.57. The first-order chi connectivity index (χ1) is 13.2. The van der Waals surface area contributed by atoms with E-state index in [2.05, 4.69) is 10.1 Å². The van der Waals surface area contributed by atoms with Crippen LogP contribution in [0.5, 0.6) is 5.75 Å². The van der Waals surface area contributed by atoms with E-state index >= 15 is 0 Å². The molecule has 7 nitrogen and oxygen atoms in total. The normalized spacial score (nSPS) is 17.1. The summed E-state index contributed by atoms with van der Waals surface area (Å²) in [5.74, 6) is 1.58. The molecule has 1 saturated heterocycles. The molecule has 1 atom stereocenters. The summed E-state index contributed by atoms with van der Waals surface area (Å²) in [4.78, 5) is 18.5. The first-order valence-corrected chi connectivity index (χ1v) is 9.13. The van der Waals surface area contributed by atoms with Crippen molar-refractivity contribution >= 4 is 5.91 Å². The summed E-state index contributed by atoms with van der Waals surface area (Å²) >= 11 is 0. The first-order valence-electron chi connectivity index (χ1n) is 9.13. The highest BCUT2D eigenvalue weighted by Gasteiger charge is 2.28. The number of piperidine rings is 1. The van der Waals surface area contributed by atoms with Gasteiger partial charge in [-0.05, 0) is 37.1 Å². The van der Waals surface area contributed by atoms with Crippen molar-refractivity contribution in [2.75, 3.05) is 33.4 Å². The minimum Gasteiger partial charge on any atom is -0.493 e. The summed E-state index contributed by atoms with van der Waals surface area (Å²) in [6, 6.07) is 5.86. The Morgan fingerprint density at radius 2 is 2.15 bits per heavy atom. The third-order valence-electron chi connectivity index (χ3n) is 4.54. The maximum absolute atomic E-state index is 12.9. The molecule has 0 aliphatic carbocycles. The van der Waals surface area contributed by atoms with Gasteiger partial charge in [-0.1, -0.05) is 5.16 Å². The molecular formula is C19H24FN3O4. The van der Waals surface area contributed by atoms with E-state index in [4.69, 9.17) is 14.0 Å². The van der Waals surface area contributed by atoms with Crippen LogP contribution in [0.15, 0.2) is 28.8 Å². The van der Waals surface area contributed by atoms with Crippen LogP contribution in [0.3, 0.4) is 0 Å². The van der Waals surface area contributed by atoms with E-state index < -0.39 is 0 Å². The molecule has 2 aromatic rings. The van der Waals surface area contributed by atoms with Crippen LogP contribution in [0, 0.1) is 5.82 Å². The van der Waals surface area contributed by atoms with Crippen LogP contribution in [0.1, 0.15) is 36.9 Å². The van der Waals surface area contributed by atoms with E-state index in [-0.39, 0.29) is 17.6 Å². The van der Waals surface area contributed by atoms with Gasteiger partial charge in [0, 0.05) is 26.6 Å². The Kier molecular flexibility index (Phi) is 6.75. The van der Waals surface area contributed by atoms with Gasteiger partial charge in [0.15, 0.2) is 5.82 Å². The van der Waals surface area contributed by atoms with Gasteiger partial charge >= 0.3 is 0 Å². The Hall–Kier alpha value is -2.48. The summed E-state index contributed by atoms with van der Waals surface area (Å²) in [6.45, 7) is 2.15. The van der Waals surface area contributed by atoms with Crippen molar-refractivity contribution in [3.63, 3.8) is 0 Å². The second-order valence-electron chi connectivity index (χ2n) is 6.52. The quantitative estimate of drug-likeness (QED) is 0.704. The Morgan fingerprint density at radius 3 is 2.93 bits per heavy atom. The zero-order valence-corrected chi connectivity index (χ0v) is 15.4. The number of rotatable bonds is 8. The van der Waals surface area contributed by atoms with E-state index in [0.717, 1.165) is 19.4 Å². The largest absolute Gasteiger partial charge is 0.493 e. The average Bonchev–Trinajstić information content (AvgIpc) is 3.17. The summed E-state index contributed by atoms with van der Waals surface area (Å²) in [6.07, 6.45) is 2.71. The lowest BCUT2D eigenvalue weighted by Crippen LogP contribution is -2.39. The molecule has 8 heteroatoms. The lowest BCUT2D eigenvalue weighted by Gasteiger charge is -2.31. The van der Waals surface area contributed by atoms with Crippen LogP contribution >= 0.6 is 0 Å². The molecule has 146 valence electrons. The highest BCUT2D eigenvalue weighted by Crippen LogP contribution is 2.26. The van der Waals surface area contributed by atoms with Crippen molar-refractivity contribution in [1.82, 2.24) is 15.0 Å². The third kappa shape index (κ3) is 5.50. The van der Waals surface area contributed by atoms with Crippen molar-refractivity contribution in [3.8, 4) is 5.75 Å². The Bertz CT molecular complexity index is 735. The molecule has 1 aromatic heterocycles. The summed E-state index contributed by atoms with van der Waals surface area (Å²) < 4.78 is 28.8. The van der Waals surface area contributed by atoms with Crippen molar-refractivity contribution < 1.29 is 23.2 Å². The molecule has 0 spiro atoms. The van der Waals surface area contributed by atoms with Gasteiger partial charge in [0.2, 0.25) is 11.8 Å². The number of halogens is 1. The molecular weight excluding hydrogens is 353 g/mol. The zero-order chi connectivity index (χ0) is 19.1. The molecule has 1 unspecified atom stereocenters. The Labute approximate surface area is 157 Å². The van der Waals surface area contributed by atoms with E-state index in [9.17, 15) is 9.18 Å². The van der Waals surface area contributed by atoms with Crippen molar-refractivity contribution in [3.05, 3.63) is 41.8 Å². The van der Waals surface area contributed by atoms with Gasteiger partial charge in [0.25, 0.3) is 0 Å². The number of likely N-dealkylation sites (tertiary alicyclic amines) is 1. The van der Waals surface area contributed by atoms with Gasteiger partial charge in [-0.2, -0.15) is 4.98 Å². The van der Waals surface area contributed by atoms with Crippen molar-refractivity contribution in [1.29, 1.82) is 0 Å². The molecule has 0 N–H and O–H groups in total. The first kappa shape index (κ1) is 19.3. The molecule has 2 heterocycles. The zero-order valence-electron chi connectivity index (χ0n) is 15.4. The third-order valence-corrected chi connectivity index (χ3v) is 4.54. The number of amides is 1. The molecule has 1 aromatic carbocycles. The number of hydrogen-bond acceptors (Lipinski definition) is 6. The summed E-state index contributed by atoms with van der Waals surface area (Å²) in [5.41, 5.74) is 0. The van der Waals surface area contributed by atoms with Crippen LogP contribution in [-0.2, 0) is 16.0 Å². The van der Waals surface area contributed by atoms with Crippen LogP contribution in [0.4, 0.5) is 4.39 Å². The van der Waals surface area contributed by atoms with Crippen LogP contribution < -0.4 is 4.74 Å². The maximum Gasteiger partial charge on any atom is 0.231 e. The van der Waals surface area contributed by atoms with Gasteiger partial charge in [0.05, 0.1) is 25.6 Å². The SMILES string of the molecule is COCCC(=O)N1CCCC(c2nc(CCOc3ccc(F)cc3)no2)C1. The lowest BCUT2D eigenvalue weighted by molar-refractivity contribution is -0.133. The van der Waals surface area contributed by atoms with Crippen molar-refractivity contribution in [2.24, 2.45) is 0 Å². The lowest BCUT2D eigenvalue weighted by atomic mass is 9.97. The maximum atomic E-state index is 12.9. The second kappa shape index (κ2) is 9.45. The smallest absolute Gasteiger partial charge is 0.231 e. The fourth-order valence-electron chi connectivity index (χ4n) is 3.08. The van der Waals surface area contributed by atoms with Crippen LogP contribution in [-0.4, -0.2) is 54.4 Å². The number of benzene rings is 1. The minimum absolute atomic E-state index is 0.0597. The number of hydrogen-bond donors (Lipinski definition) is 0. The molecule has 1 aliphatic heterocycles. The number of methoxy groups -OCH3 is 1. The summed E-state index contributed by atoms with van der Waals surface area (Å²) in [7, 11) is 1.59. The number of aromatic nitrogens is 2. The fraction of sp³-hybridized carbons (Fsp3) is 0.526. The van der Waals surface area contributed by atoms with E-state index in [1.807, 2.05) is 4.90 Å². The molecule has 0 saturated carbocycles. The standard InChI is InChI=1S/C19H24FN3O4/c1-25-11-9-18(24)23-10-2-3-14(13-23)19-21-17(22-27-19)8-12-26-16-6-4-15(20)5-7-16/h4-7,14H,2-3,8-13H2,1H3. The number of nitrogens with zero attached hydrogens (tertiary/aromatic N) is 3. The average molecular weight is 377 g/mol. The molecule has 1 fully saturated rings. The Morgan fingerprint density at radius 1 is 1.33 bits per heavy atom. The minimum atomic E-state index is -0.299. The highest BCUT2D eigenvalue weighted by molar-refractivity contribution is 5.76. The molecule has 0 radical (unpaired) electrons. The van der Waals surface area contributed by atoms with E-state index in [1.54, 1.807) is 19.2 Å². The topological polar surface area (TPSA) is 77.7 Å². The van der Waals surface area contributed by atoms with Crippen LogP contribution in [0.25, 0.3) is 0 Å². The molecule has 3 rings (SSSR count). The second-order valence-corrected chi connectivity index (χ2v) is 6.52.